The number of aromatic nitrogens is 2. The number of hydrogen-bond donors (Lipinski definition) is 1. The van der Waals surface area contributed by atoms with Crippen LogP contribution in [-0.4, -0.2) is 45.7 Å². The van der Waals surface area contributed by atoms with Crippen molar-refractivity contribution in [3.8, 4) is 0 Å². The van der Waals surface area contributed by atoms with Crippen LogP contribution in [0.5, 0.6) is 0 Å². The molecule has 10 heteroatoms. The number of hydrogen-bond acceptors (Lipinski definition) is 5. The van der Waals surface area contributed by atoms with Crippen LogP contribution in [0.3, 0.4) is 0 Å². The number of nitrogens with zero attached hydrogens (tertiary/aromatic N) is 3. The first kappa shape index (κ1) is 24.9. The predicted octanol–water partition coefficient (Wildman–Crippen LogP) is 6.20. The van der Waals surface area contributed by atoms with Gasteiger partial charge in [0.15, 0.2) is 0 Å². The standard InChI is InChI=1S/C28H27Cl2N4O2PS/c1-37(36)18-7-8-20-19(12-18)32-27-24-21(14-34(20)27)33(13-15-5-6-15)26(25(24)22-9-10-23(30)38-22)28(35)31-17-4-2-3-16(29)11-17/h2-4,7-12,15,21,24-26,37H,5-6,13-14H2,1H3,(H,31,35)/t21-,24+,25?,26?/m0/s1. The normalized spacial score (nSPS) is 25.4. The van der Waals surface area contributed by atoms with Gasteiger partial charge in [0, 0.05) is 51.9 Å². The molecular weight excluding hydrogens is 558 g/mol. The number of anilines is 1. The molecule has 1 amide bonds. The van der Waals surface area contributed by atoms with Gasteiger partial charge in [0.1, 0.15) is 13.6 Å². The van der Waals surface area contributed by atoms with E-state index >= 15 is 0 Å². The summed E-state index contributed by atoms with van der Waals surface area (Å²) in [5.41, 5.74) is 2.64. The van der Waals surface area contributed by atoms with Gasteiger partial charge in [0.25, 0.3) is 0 Å². The van der Waals surface area contributed by atoms with Crippen molar-refractivity contribution >= 4 is 70.3 Å². The van der Waals surface area contributed by atoms with Crippen LogP contribution >= 0.6 is 42.3 Å². The lowest BCUT2D eigenvalue weighted by Crippen LogP contribution is -2.46. The third-order valence-corrected chi connectivity index (χ3v) is 10.9. The summed E-state index contributed by atoms with van der Waals surface area (Å²) in [6, 6.07) is 17.1. The Balaban J connectivity index is 1.34. The van der Waals surface area contributed by atoms with E-state index in [1.807, 2.05) is 30.3 Å². The predicted molar refractivity (Wildman–Crippen MR) is 156 cm³/mol. The molecule has 6 nitrogen and oxygen atoms in total. The van der Waals surface area contributed by atoms with Crippen molar-refractivity contribution in [2.24, 2.45) is 5.92 Å². The average Bonchev–Trinajstić information content (AvgIpc) is 3.18. The molecule has 2 fully saturated rings. The Labute approximate surface area is 235 Å². The summed E-state index contributed by atoms with van der Waals surface area (Å²) >= 11 is 14.2. The number of nitrogens with one attached hydrogen (secondary N) is 1. The highest BCUT2D eigenvalue weighted by Crippen LogP contribution is 2.55. The first-order valence-corrected chi connectivity index (χ1v) is 16.4. The Hall–Kier alpha value is -2.15. The molecule has 0 spiro atoms. The topological polar surface area (TPSA) is 67.2 Å². The van der Waals surface area contributed by atoms with Gasteiger partial charge in [-0.2, -0.15) is 0 Å². The summed E-state index contributed by atoms with van der Waals surface area (Å²) in [5, 5.41) is 4.60. The second-order valence-electron chi connectivity index (χ2n) is 10.7. The molecule has 2 aromatic heterocycles. The van der Waals surface area contributed by atoms with Gasteiger partial charge in [-0.1, -0.05) is 29.3 Å². The highest BCUT2D eigenvalue weighted by molar-refractivity contribution is 7.52. The first-order valence-electron chi connectivity index (χ1n) is 13.0. The Morgan fingerprint density at radius 1 is 1.13 bits per heavy atom. The zero-order valence-corrected chi connectivity index (χ0v) is 24.1. The third-order valence-electron chi connectivity index (χ3n) is 8.23. The van der Waals surface area contributed by atoms with Gasteiger partial charge in [-0.3, -0.25) is 9.69 Å². The molecule has 1 saturated heterocycles. The van der Waals surface area contributed by atoms with Crippen molar-refractivity contribution in [1.29, 1.82) is 0 Å². The number of likely N-dealkylation sites (tertiary alicyclic amines) is 1. The van der Waals surface area contributed by atoms with Gasteiger partial charge >= 0.3 is 0 Å². The fourth-order valence-electron chi connectivity index (χ4n) is 6.39. The van der Waals surface area contributed by atoms with Crippen molar-refractivity contribution in [1.82, 2.24) is 14.5 Å². The number of imidazole rings is 1. The molecule has 0 radical (unpaired) electrons. The Kier molecular flexibility index (Phi) is 6.21. The minimum atomic E-state index is -1.81. The van der Waals surface area contributed by atoms with E-state index in [-0.39, 0.29) is 29.8 Å². The molecule has 4 heterocycles. The minimum absolute atomic E-state index is 0.0219. The molecule has 5 atom stereocenters. The summed E-state index contributed by atoms with van der Waals surface area (Å²) in [7, 11) is -1.81. The smallest absolute Gasteiger partial charge is 0.242 e. The molecule has 4 aromatic rings. The van der Waals surface area contributed by atoms with E-state index in [1.165, 1.54) is 12.8 Å². The SMILES string of the molecule is C[PH](=O)c1ccc2c(c1)nc1n2C[C@H]2[C@@H]1C(c1ccc(Cl)s1)C(C(=O)Nc1cccc(Cl)c1)N2CC1CC1. The molecule has 1 aliphatic carbocycles. The third kappa shape index (κ3) is 4.24. The van der Waals surface area contributed by atoms with Gasteiger partial charge in [-0.25, -0.2) is 4.98 Å². The molecule has 2 aromatic carbocycles. The molecule has 0 bridgehead atoms. The zero-order valence-electron chi connectivity index (χ0n) is 20.7. The van der Waals surface area contributed by atoms with E-state index in [0.717, 1.165) is 44.5 Å². The van der Waals surface area contributed by atoms with Crippen molar-refractivity contribution in [3.63, 3.8) is 0 Å². The fourth-order valence-corrected chi connectivity index (χ4v) is 8.48. The summed E-state index contributed by atoms with van der Waals surface area (Å²) in [6.45, 7) is 3.44. The van der Waals surface area contributed by atoms with Crippen LogP contribution in [0, 0.1) is 5.92 Å². The maximum atomic E-state index is 14.1. The molecule has 1 N–H and O–H groups in total. The number of halogens is 2. The molecular formula is C28H27Cl2N4O2PS. The van der Waals surface area contributed by atoms with Crippen LogP contribution in [0.25, 0.3) is 11.0 Å². The number of thiophene rings is 1. The average molecular weight is 585 g/mol. The van der Waals surface area contributed by atoms with Crippen molar-refractivity contribution < 1.29 is 9.36 Å². The van der Waals surface area contributed by atoms with E-state index in [0.29, 0.717) is 16.6 Å². The second kappa shape index (κ2) is 9.50. The van der Waals surface area contributed by atoms with E-state index < -0.39 is 7.80 Å². The molecule has 196 valence electrons. The van der Waals surface area contributed by atoms with E-state index in [1.54, 1.807) is 30.1 Å². The summed E-state index contributed by atoms with van der Waals surface area (Å²) in [4.78, 5) is 22.7. The number of rotatable bonds is 6. The van der Waals surface area contributed by atoms with E-state index in [9.17, 15) is 9.36 Å². The van der Waals surface area contributed by atoms with Crippen LogP contribution < -0.4 is 10.6 Å². The van der Waals surface area contributed by atoms with Crippen LogP contribution in [-0.2, 0) is 15.9 Å². The van der Waals surface area contributed by atoms with Crippen LogP contribution in [0.4, 0.5) is 5.69 Å². The highest BCUT2D eigenvalue weighted by Gasteiger charge is 2.58. The first-order chi connectivity index (χ1) is 18.4. The second-order valence-corrected chi connectivity index (χ2v) is 14.6. The molecule has 38 heavy (non-hydrogen) atoms. The lowest BCUT2D eigenvalue weighted by atomic mass is 9.86. The Morgan fingerprint density at radius 3 is 2.68 bits per heavy atom. The van der Waals surface area contributed by atoms with Crippen LogP contribution in [0.1, 0.15) is 35.4 Å². The molecule has 1 saturated carbocycles. The minimum Gasteiger partial charge on any atom is -0.326 e. The molecule has 7 rings (SSSR count). The lowest BCUT2D eigenvalue weighted by molar-refractivity contribution is -0.121. The quantitative estimate of drug-likeness (QED) is 0.274. The maximum Gasteiger partial charge on any atom is 0.242 e. The van der Waals surface area contributed by atoms with Crippen molar-refractivity contribution in [2.45, 2.75) is 43.3 Å². The van der Waals surface area contributed by atoms with Crippen molar-refractivity contribution in [3.05, 3.63) is 74.7 Å². The Bertz CT molecular complexity index is 1600. The summed E-state index contributed by atoms with van der Waals surface area (Å²) < 4.78 is 15.2. The van der Waals surface area contributed by atoms with E-state index in [2.05, 4.69) is 26.9 Å². The van der Waals surface area contributed by atoms with Gasteiger partial charge in [-0.15, -0.1) is 11.3 Å². The number of benzene rings is 2. The number of amides is 1. The highest BCUT2D eigenvalue weighted by atomic mass is 35.5. The number of fused-ring (bicyclic) bond motifs is 5. The van der Waals surface area contributed by atoms with Gasteiger partial charge in [-0.05, 0) is 74.0 Å². The molecule has 3 aliphatic rings. The van der Waals surface area contributed by atoms with Crippen molar-refractivity contribution in [2.75, 3.05) is 18.5 Å². The van der Waals surface area contributed by atoms with Crippen LogP contribution in [0.2, 0.25) is 9.36 Å². The largest absolute Gasteiger partial charge is 0.326 e. The molecule has 2 aliphatic heterocycles. The van der Waals surface area contributed by atoms with Crippen LogP contribution in [0.15, 0.2) is 54.6 Å². The van der Waals surface area contributed by atoms with Gasteiger partial charge in [0.05, 0.1) is 21.4 Å². The Morgan fingerprint density at radius 2 is 1.97 bits per heavy atom. The lowest BCUT2D eigenvalue weighted by Gasteiger charge is -2.30. The van der Waals surface area contributed by atoms with Gasteiger partial charge in [0.2, 0.25) is 5.91 Å². The summed E-state index contributed by atoms with van der Waals surface area (Å²) in [5.74, 6) is 1.57. The monoisotopic (exact) mass is 584 g/mol. The molecule has 3 unspecified atom stereocenters. The fraction of sp³-hybridized carbons (Fsp3) is 0.357. The summed E-state index contributed by atoms with van der Waals surface area (Å²) in [6.07, 6.45) is 2.41. The van der Waals surface area contributed by atoms with Gasteiger partial charge < -0.3 is 14.4 Å². The number of carbonyl (C=O) groups excluding carboxylic acids is 1. The van der Waals surface area contributed by atoms with E-state index in [4.69, 9.17) is 28.2 Å². The number of carbonyl (C=O) groups is 1. The zero-order chi connectivity index (χ0) is 26.1. The maximum absolute atomic E-state index is 14.1.